The molecule has 0 aliphatic rings. The molecule has 0 N–H and O–H groups in total. The summed E-state index contributed by atoms with van der Waals surface area (Å²) in [4.78, 5) is 8.00. The van der Waals surface area contributed by atoms with Crippen molar-refractivity contribution < 1.29 is 0 Å². The Labute approximate surface area is 56.2 Å². The number of nitrogens with zero attached hydrogens (tertiary/aromatic N) is 2. The van der Waals surface area contributed by atoms with Crippen molar-refractivity contribution in [1.29, 1.82) is 0 Å². The first-order chi connectivity index (χ1) is 4.47. The van der Waals surface area contributed by atoms with E-state index >= 15 is 0 Å². The van der Waals surface area contributed by atoms with E-state index in [9.17, 15) is 0 Å². The fraction of sp³-hybridized carbons (Fsp3) is 0. The van der Waals surface area contributed by atoms with Gasteiger partial charge in [0, 0.05) is 5.52 Å². The van der Waals surface area contributed by atoms with Crippen LogP contribution in [0.25, 0.3) is 11.0 Å². The molecule has 2 heterocycles. The van der Waals surface area contributed by atoms with Crippen molar-refractivity contribution in [3.63, 3.8) is 0 Å². The molecule has 2 nitrogen and oxygen atoms in total. The van der Waals surface area contributed by atoms with Crippen LogP contribution in [0.1, 0.15) is 0 Å². The average Bonchev–Trinajstić information content (AvgIpc) is 2.33. The molecule has 0 spiro atoms. The first-order valence-corrected chi connectivity index (χ1v) is 3.46. The molecular weight excluding hydrogens is 132 g/mol. The van der Waals surface area contributed by atoms with Gasteiger partial charge in [-0.25, -0.2) is 0 Å². The van der Waals surface area contributed by atoms with Gasteiger partial charge in [0.1, 0.15) is 0 Å². The Balaban J connectivity index is 2.95. The third-order valence-electron chi connectivity index (χ3n) is 1.07. The highest BCUT2D eigenvalue weighted by Gasteiger charge is 1.81. The minimum atomic E-state index is 0.933. The van der Waals surface area contributed by atoms with Crippen molar-refractivity contribution in [2.75, 3.05) is 0 Å². The molecule has 0 radical (unpaired) electrons. The highest BCUT2D eigenvalue weighted by atomic mass is 32.1. The first-order valence-electron chi connectivity index (χ1n) is 2.52. The summed E-state index contributed by atoms with van der Waals surface area (Å²) in [6.07, 6.45) is 4.25. The van der Waals surface area contributed by atoms with E-state index in [2.05, 4.69) is 16.2 Å². The van der Waals surface area contributed by atoms with E-state index in [-0.39, 0.29) is 0 Å². The van der Waals surface area contributed by atoms with Crippen LogP contribution in [0.5, 0.6) is 0 Å². The topological polar surface area (TPSA) is 25.8 Å². The van der Waals surface area contributed by atoms with Gasteiger partial charge in [0.05, 0.1) is 0 Å². The third kappa shape index (κ3) is 0.695. The summed E-state index contributed by atoms with van der Waals surface area (Å²) in [7, 11) is 0. The predicted octanol–water partition coefficient (Wildman–Crippen LogP) is 1.49. The van der Waals surface area contributed by atoms with Gasteiger partial charge in [-0.1, -0.05) is 10.9 Å². The van der Waals surface area contributed by atoms with E-state index in [4.69, 9.17) is 0 Å². The molecule has 0 saturated heterocycles. The van der Waals surface area contributed by atoms with E-state index in [1.165, 1.54) is 0 Å². The lowest BCUT2D eigenvalue weighted by molar-refractivity contribution is 1.29. The van der Waals surface area contributed by atoms with Crippen molar-refractivity contribution in [1.82, 2.24) is 9.97 Å². The summed E-state index contributed by atoms with van der Waals surface area (Å²) < 4.78 is 0. The van der Waals surface area contributed by atoms with Crippen molar-refractivity contribution in [2.45, 2.75) is 0 Å². The highest BCUT2D eigenvalue weighted by molar-refractivity contribution is 7.09. The summed E-state index contributed by atoms with van der Waals surface area (Å²) in [5.41, 5.74) is 1.89. The minimum absolute atomic E-state index is 0.933. The zero-order valence-corrected chi connectivity index (χ0v) is 5.35. The second-order valence-corrected chi connectivity index (χ2v) is 2.38. The van der Waals surface area contributed by atoms with Gasteiger partial charge in [-0.3, -0.25) is 4.98 Å². The Kier molecular flexibility index (Phi) is 0.960. The van der Waals surface area contributed by atoms with Crippen LogP contribution in [0.4, 0.5) is 0 Å². The molecule has 0 atom stereocenters. The van der Waals surface area contributed by atoms with E-state index in [1.807, 2.05) is 10.8 Å². The lowest BCUT2D eigenvalue weighted by atomic mass is 10.5. The fourth-order valence-corrected chi connectivity index (χ4v) is 1.34. The summed E-state index contributed by atoms with van der Waals surface area (Å²) >= 11 is 1.61. The number of rotatable bonds is 0. The summed E-state index contributed by atoms with van der Waals surface area (Å²) in [5, 5.41) is 3.93. The lowest BCUT2D eigenvalue weighted by Crippen LogP contribution is -1.74. The molecule has 2 aromatic rings. The molecule has 2 rings (SSSR count). The molecule has 0 fully saturated rings. The van der Waals surface area contributed by atoms with Gasteiger partial charge in [0.2, 0.25) is 0 Å². The third-order valence-corrected chi connectivity index (χ3v) is 1.79. The van der Waals surface area contributed by atoms with Crippen molar-refractivity contribution >= 4 is 22.4 Å². The summed E-state index contributed by atoms with van der Waals surface area (Å²) in [5.74, 6) is 0. The van der Waals surface area contributed by atoms with Crippen LogP contribution < -0.4 is 0 Å². The molecule has 0 aliphatic carbocycles. The Morgan fingerprint density at radius 2 is 2.22 bits per heavy atom. The van der Waals surface area contributed by atoms with E-state index in [1.54, 1.807) is 17.5 Å². The van der Waals surface area contributed by atoms with Gasteiger partial charge in [-0.15, -0.1) is 6.20 Å². The second kappa shape index (κ2) is 1.77. The number of aromatic nitrogens is 2. The standard InChI is InChI=1S/C6H3N2S/c1-2-8-6-4-9-3-5(6)7-1/h1,3-4H/q-1. The molecule has 2 aromatic heterocycles. The number of hydrogen-bond acceptors (Lipinski definition) is 3. The average molecular weight is 135 g/mol. The monoisotopic (exact) mass is 135 g/mol. The van der Waals surface area contributed by atoms with Crippen molar-refractivity contribution in [3.8, 4) is 0 Å². The van der Waals surface area contributed by atoms with E-state index in [0.29, 0.717) is 0 Å². The Morgan fingerprint density at radius 3 is 3.11 bits per heavy atom. The van der Waals surface area contributed by atoms with Gasteiger partial charge in [0.15, 0.2) is 0 Å². The lowest BCUT2D eigenvalue weighted by Gasteiger charge is -1.93. The molecule has 44 valence electrons. The molecule has 0 aliphatic heterocycles. The summed E-state index contributed by atoms with van der Waals surface area (Å²) in [6, 6.07) is 0. The number of fused-ring (bicyclic) bond motifs is 1. The van der Waals surface area contributed by atoms with E-state index < -0.39 is 0 Å². The maximum absolute atomic E-state index is 4.03. The summed E-state index contributed by atoms with van der Waals surface area (Å²) in [6.45, 7) is 0. The van der Waals surface area contributed by atoms with Gasteiger partial charge in [0.25, 0.3) is 0 Å². The Hall–Kier alpha value is -0.960. The minimum Gasteiger partial charge on any atom is -0.448 e. The molecule has 0 bridgehead atoms. The van der Waals surface area contributed by atoms with Crippen LogP contribution in [-0.4, -0.2) is 9.97 Å². The Morgan fingerprint density at radius 1 is 1.33 bits per heavy atom. The van der Waals surface area contributed by atoms with Crippen molar-refractivity contribution in [3.05, 3.63) is 23.2 Å². The molecular formula is C6H3N2S-. The molecule has 3 heteroatoms. The van der Waals surface area contributed by atoms with Crippen molar-refractivity contribution in [2.24, 2.45) is 0 Å². The van der Waals surface area contributed by atoms with Gasteiger partial charge >= 0.3 is 0 Å². The largest absolute Gasteiger partial charge is 0.448 e. The van der Waals surface area contributed by atoms with E-state index in [0.717, 1.165) is 11.0 Å². The Bertz CT molecular complexity index is 285. The quantitative estimate of drug-likeness (QED) is 0.511. The van der Waals surface area contributed by atoms with Gasteiger partial charge < -0.3 is 4.98 Å². The van der Waals surface area contributed by atoms with Crippen LogP contribution in [0.15, 0.2) is 17.0 Å². The SMILES string of the molecule is [c-]1cnc2cscc2n1. The number of hydrogen-bond donors (Lipinski definition) is 0. The molecule has 0 unspecified atom stereocenters. The van der Waals surface area contributed by atoms with Crippen LogP contribution in [0.2, 0.25) is 0 Å². The van der Waals surface area contributed by atoms with Crippen LogP contribution in [0.3, 0.4) is 0 Å². The van der Waals surface area contributed by atoms with Gasteiger partial charge in [-0.05, 0) is 11.6 Å². The zero-order chi connectivity index (χ0) is 6.10. The maximum atomic E-state index is 4.03. The van der Waals surface area contributed by atoms with Crippen LogP contribution >= 0.6 is 11.3 Å². The van der Waals surface area contributed by atoms with Crippen LogP contribution in [0, 0.1) is 6.20 Å². The molecule has 9 heavy (non-hydrogen) atoms. The number of thiophene rings is 1. The predicted molar refractivity (Wildman–Crippen MR) is 36.3 cm³/mol. The highest BCUT2D eigenvalue weighted by Crippen LogP contribution is 2.11. The normalized spacial score (nSPS) is 10.2. The first kappa shape index (κ1) is 4.88. The fourth-order valence-electron chi connectivity index (χ4n) is 0.661. The molecule has 0 aromatic carbocycles. The molecule has 0 amide bonds. The van der Waals surface area contributed by atoms with Gasteiger partial charge in [-0.2, -0.15) is 11.3 Å². The smallest absolute Gasteiger partial charge is 0.0154 e. The maximum Gasteiger partial charge on any atom is 0.0154 e. The second-order valence-electron chi connectivity index (χ2n) is 1.64. The van der Waals surface area contributed by atoms with Crippen LogP contribution in [-0.2, 0) is 0 Å². The molecule has 0 saturated carbocycles. The zero-order valence-electron chi connectivity index (χ0n) is 4.53.